The van der Waals surface area contributed by atoms with Crippen LogP contribution < -0.4 is 10.5 Å². The van der Waals surface area contributed by atoms with Gasteiger partial charge in [-0.2, -0.15) is 0 Å². The van der Waals surface area contributed by atoms with E-state index in [0.717, 1.165) is 17.0 Å². The Balaban J connectivity index is 2.26. The van der Waals surface area contributed by atoms with Crippen molar-refractivity contribution in [3.05, 3.63) is 59.7 Å². The van der Waals surface area contributed by atoms with Crippen molar-refractivity contribution >= 4 is 11.5 Å². The fourth-order valence-corrected chi connectivity index (χ4v) is 1.66. The number of rotatable bonds is 3. The first-order chi connectivity index (χ1) is 8.69. The van der Waals surface area contributed by atoms with E-state index in [4.69, 9.17) is 10.5 Å². The van der Waals surface area contributed by atoms with Crippen LogP contribution in [0.1, 0.15) is 11.1 Å². The Morgan fingerprint density at radius 2 is 1.83 bits per heavy atom. The largest absolute Gasteiger partial charge is 0.497 e. The van der Waals surface area contributed by atoms with Crippen molar-refractivity contribution in [2.24, 2.45) is 10.7 Å². The van der Waals surface area contributed by atoms with Crippen molar-refractivity contribution in [2.75, 3.05) is 7.11 Å². The fraction of sp³-hybridized carbons (Fsp3) is 0.133. The number of nitrogens with zero attached hydrogens (tertiary/aromatic N) is 1. The van der Waals surface area contributed by atoms with Crippen molar-refractivity contribution in [1.82, 2.24) is 0 Å². The molecular formula is C15H16N2O. The molecule has 0 unspecified atom stereocenters. The Labute approximate surface area is 107 Å². The molecule has 18 heavy (non-hydrogen) atoms. The molecular weight excluding hydrogens is 224 g/mol. The molecule has 2 N–H and O–H groups in total. The highest BCUT2D eigenvalue weighted by Gasteiger charge is 1.99. The molecule has 0 bridgehead atoms. The third kappa shape index (κ3) is 2.88. The summed E-state index contributed by atoms with van der Waals surface area (Å²) >= 11 is 0. The first kappa shape index (κ1) is 12.2. The minimum Gasteiger partial charge on any atom is -0.497 e. The van der Waals surface area contributed by atoms with Crippen molar-refractivity contribution in [1.29, 1.82) is 0 Å². The highest BCUT2D eigenvalue weighted by Crippen LogP contribution is 2.16. The molecule has 0 aliphatic heterocycles. The molecule has 0 saturated heterocycles. The number of aryl methyl sites for hydroxylation is 1. The Bertz CT molecular complexity index is 559. The molecule has 2 aromatic carbocycles. The van der Waals surface area contributed by atoms with Gasteiger partial charge in [0, 0.05) is 5.56 Å². The number of methoxy groups -OCH3 is 1. The number of nitrogens with two attached hydrogens (primary N) is 1. The SMILES string of the molecule is COc1ccc(C(N)=Nc2cccc(C)c2)cc1. The molecule has 0 fully saturated rings. The van der Waals surface area contributed by atoms with E-state index in [0.29, 0.717) is 5.84 Å². The van der Waals surface area contributed by atoms with Crippen molar-refractivity contribution in [3.8, 4) is 5.75 Å². The second-order valence-electron chi connectivity index (χ2n) is 4.06. The van der Waals surface area contributed by atoms with Gasteiger partial charge in [0.05, 0.1) is 12.8 Å². The van der Waals surface area contributed by atoms with Gasteiger partial charge in [0.25, 0.3) is 0 Å². The fourth-order valence-electron chi connectivity index (χ4n) is 1.66. The van der Waals surface area contributed by atoms with Crippen LogP contribution in [0.3, 0.4) is 0 Å². The van der Waals surface area contributed by atoms with E-state index in [1.165, 1.54) is 5.56 Å². The molecule has 3 heteroatoms. The van der Waals surface area contributed by atoms with Gasteiger partial charge in [-0.15, -0.1) is 0 Å². The summed E-state index contributed by atoms with van der Waals surface area (Å²) in [6, 6.07) is 15.5. The lowest BCUT2D eigenvalue weighted by Crippen LogP contribution is -2.12. The van der Waals surface area contributed by atoms with Crippen LogP contribution in [0.4, 0.5) is 5.69 Å². The number of ether oxygens (including phenoxy) is 1. The van der Waals surface area contributed by atoms with E-state index >= 15 is 0 Å². The predicted molar refractivity (Wildman–Crippen MR) is 74.6 cm³/mol. The van der Waals surface area contributed by atoms with Crippen molar-refractivity contribution < 1.29 is 4.74 Å². The molecule has 0 heterocycles. The molecule has 0 aliphatic carbocycles. The van der Waals surface area contributed by atoms with Gasteiger partial charge < -0.3 is 10.5 Å². The lowest BCUT2D eigenvalue weighted by Gasteiger charge is -2.03. The van der Waals surface area contributed by atoms with Crippen LogP contribution in [-0.4, -0.2) is 12.9 Å². The second-order valence-corrected chi connectivity index (χ2v) is 4.06. The van der Waals surface area contributed by atoms with E-state index in [-0.39, 0.29) is 0 Å². The van der Waals surface area contributed by atoms with E-state index < -0.39 is 0 Å². The highest BCUT2D eigenvalue weighted by molar-refractivity contribution is 5.99. The maximum atomic E-state index is 5.98. The molecule has 3 nitrogen and oxygen atoms in total. The minimum atomic E-state index is 0.503. The van der Waals surface area contributed by atoms with Crippen LogP contribution in [0.15, 0.2) is 53.5 Å². The summed E-state index contributed by atoms with van der Waals surface area (Å²) < 4.78 is 5.10. The summed E-state index contributed by atoms with van der Waals surface area (Å²) in [5.74, 6) is 1.31. The van der Waals surface area contributed by atoms with Crippen LogP contribution in [0.25, 0.3) is 0 Å². The van der Waals surface area contributed by atoms with E-state index in [2.05, 4.69) is 4.99 Å². The molecule has 0 atom stereocenters. The summed E-state index contributed by atoms with van der Waals surface area (Å²) in [7, 11) is 1.64. The van der Waals surface area contributed by atoms with Crippen LogP contribution in [-0.2, 0) is 0 Å². The molecule has 2 aromatic rings. The monoisotopic (exact) mass is 240 g/mol. The normalized spacial score (nSPS) is 11.3. The molecule has 0 aliphatic rings. The summed E-state index contributed by atoms with van der Waals surface area (Å²) in [6.45, 7) is 2.03. The maximum Gasteiger partial charge on any atom is 0.131 e. The zero-order valence-corrected chi connectivity index (χ0v) is 10.6. The number of hydrogen-bond donors (Lipinski definition) is 1. The summed E-state index contributed by atoms with van der Waals surface area (Å²) in [5.41, 5.74) is 8.89. The average molecular weight is 240 g/mol. The van der Waals surface area contributed by atoms with E-state index in [9.17, 15) is 0 Å². The maximum absolute atomic E-state index is 5.98. The average Bonchev–Trinajstić information content (AvgIpc) is 2.39. The van der Waals surface area contributed by atoms with Gasteiger partial charge in [-0.3, -0.25) is 0 Å². The van der Waals surface area contributed by atoms with Crippen molar-refractivity contribution in [3.63, 3.8) is 0 Å². The van der Waals surface area contributed by atoms with Gasteiger partial charge in [0.2, 0.25) is 0 Å². The minimum absolute atomic E-state index is 0.503. The van der Waals surface area contributed by atoms with E-state index in [1.54, 1.807) is 7.11 Å². The summed E-state index contributed by atoms with van der Waals surface area (Å²) in [6.07, 6.45) is 0. The van der Waals surface area contributed by atoms with Gasteiger partial charge in [-0.05, 0) is 48.9 Å². The van der Waals surface area contributed by atoms with Gasteiger partial charge >= 0.3 is 0 Å². The van der Waals surface area contributed by atoms with Gasteiger partial charge in [-0.1, -0.05) is 12.1 Å². The Morgan fingerprint density at radius 3 is 2.44 bits per heavy atom. The third-order valence-electron chi connectivity index (χ3n) is 2.64. The zero-order valence-electron chi connectivity index (χ0n) is 10.6. The lowest BCUT2D eigenvalue weighted by atomic mass is 10.2. The number of aliphatic imine (C=N–C) groups is 1. The molecule has 0 aromatic heterocycles. The highest BCUT2D eigenvalue weighted by atomic mass is 16.5. The van der Waals surface area contributed by atoms with Crippen LogP contribution in [0.5, 0.6) is 5.75 Å². The quantitative estimate of drug-likeness (QED) is 0.662. The lowest BCUT2D eigenvalue weighted by molar-refractivity contribution is 0.415. The zero-order chi connectivity index (χ0) is 13.0. The molecule has 0 amide bonds. The molecule has 0 saturated carbocycles. The summed E-state index contributed by atoms with van der Waals surface area (Å²) in [5, 5.41) is 0. The number of benzene rings is 2. The first-order valence-electron chi connectivity index (χ1n) is 5.74. The van der Waals surface area contributed by atoms with E-state index in [1.807, 2.05) is 55.5 Å². The van der Waals surface area contributed by atoms with Gasteiger partial charge in [-0.25, -0.2) is 4.99 Å². The van der Waals surface area contributed by atoms with Crippen LogP contribution in [0, 0.1) is 6.92 Å². The van der Waals surface area contributed by atoms with Crippen LogP contribution >= 0.6 is 0 Å². The van der Waals surface area contributed by atoms with Gasteiger partial charge in [0.1, 0.15) is 11.6 Å². The Hall–Kier alpha value is -2.29. The standard InChI is InChI=1S/C15H16N2O/c1-11-4-3-5-13(10-11)17-15(16)12-6-8-14(18-2)9-7-12/h3-10H,1-2H3,(H2,16,17). The predicted octanol–water partition coefficient (Wildman–Crippen LogP) is 3.04. The first-order valence-corrected chi connectivity index (χ1v) is 5.74. The Morgan fingerprint density at radius 1 is 1.11 bits per heavy atom. The Kier molecular flexibility index (Phi) is 3.63. The number of amidine groups is 1. The molecule has 0 spiro atoms. The summed E-state index contributed by atoms with van der Waals surface area (Å²) in [4.78, 5) is 4.40. The smallest absolute Gasteiger partial charge is 0.131 e. The molecule has 2 rings (SSSR count). The number of hydrogen-bond acceptors (Lipinski definition) is 2. The van der Waals surface area contributed by atoms with Crippen LogP contribution in [0.2, 0.25) is 0 Å². The third-order valence-corrected chi connectivity index (χ3v) is 2.64. The molecule has 0 radical (unpaired) electrons. The topological polar surface area (TPSA) is 47.6 Å². The molecule has 92 valence electrons. The van der Waals surface area contributed by atoms with Gasteiger partial charge in [0.15, 0.2) is 0 Å². The van der Waals surface area contributed by atoms with Crippen molar-refractivity contribution in [2.45, 2.75) is 6.92 Å². The second kappa shape index (κ2) is 5.36.